The van der Waals surface area contributed by atoms with E-state index in [1.807, 2.05) is 0 Å². The van der Waals surface area contributed by atoms with Crippen molar-refractivity contribution in [1.29, 1.82) is 0 Å². The predicted octanol–water partition coefficient (Wildman–Crippen LogP) is 15.6. The Balaban J connectivity index is 1.16. The van der Waals surface area contributed by atoms with E-state index in [2.05, 4.69) is 228 Å². The molecule has 0 unspecified atom stereocenters. The van der Waals surface area contributed by atoms with Gasteiger partial charge in [-0.15, -0.1) is 0 Å². The summed E-state index contributed by atoms with van der Waals surface area (Å²) in [7, 11) is 0. The number of rotatable bonds is 5. The van der Waals surface area contributed by atoms with Crippen LogP contribution in [0.3, 0.4) is 0 Å². The topological polar surface area (TPSA) is 26.2 Å². The largest absolute Gasteiger partial charge is 0.454 e. The Morgan fingerprint density at radius 3 is 1.70 bits per heavy atom. The van der Waals surface area contributed by atoms with Crippen LogP contribution in [0.25, 0.3) is 88.1 Å². The van der Waals surface area contributed by atoms with Crippen molar-refractivity contribution in [3.8, 4) is 22.5 Å². The Morgan fingerprint density at radius 2 is 0.967 bits per heavy atom. The first kappa shape index (κ1) is 34.1. The summed E-state index contributed by atoms with van der Waals surface area (Å²) in [6.45, 7) is 4.74. The van der Waals surface area contributed by atoms with E-state index in [9.17, 15) is 0 Å². The lowest BCUT2D eigenvalue weighted by atomic mass is 9.82. The molecular formula is C57H39N3O. The van der Waals surface area contributed by atoms with Crippen molar-refractivity contribution in [1.82, 2.24) is 9.13 Å². The molecule has 0 saturated heterocycles. The summed E-state index contributed by atoms with van der Waals surface area (Å²) in [4.78, 5) is 2.45. The second-order valence-electron chi connectivity index (χ2n) is 16.9. The SMILES string of the molecule is CC1(C)c2ccccc2-c2c1cc(N(c1ccc3c(c1)c1ccccc1n3-c1ccccc1)c1ccc3c4ccccc4n(-c4ccccc4)c3c1)c1oc3ccccc3c21. The van der Waals surface area contributed by atoms with Crippen LogP contribution in [0.15, 0.2) is 205 Å². The molecule has 9 aromatic carbocycles. The number of benzene rings is 9. The van der Waals surface area contributed by atoms with Crippen LogP contribution in [-0.2, 0) is 5.41 Å². The maximum Gasteiger partial charge on any atom is 0.160 e. The van der Waals surface area contributed by atoms with Gasteiger partial charge in [0.05, 0.1) is 27.8 Å². The van der Waals surface area contributed by atoms with Crippen LogP contribution in [0.2, 0.25) is 0 Å². The van der Waals surface area contributed by atoms with Crippen molar-refractivity contribution >= 4 is 82.6 Å². The lowest BCUT2D eigenvalue weighted by Gasteiger charge is -2.29. The average Bonchev–Trinajstić information content (AvgIpc) is 4.02. The first-order valence-corrected chi connectivity index (χ1v) is 21.1. The summed E-state index contributed by atoms with van der Waals surface area (Å²) in [6, 6.07) is 72.8. The Hall–Kier alpha value is -7.82. The summed E-state index contributed by atoms with van der Waals surface area (Å²) < 4.78 is 11.9. The van der Waals surface area contributed by atoms with Gasteiger partial charge in [0.1, 0.15) is 5.58 Å². The zero-order chi connectivity index (χ0) is 40.4. The molecule has 0 spiro atoms. The van der Waals surface area contributed by atoms with Crippen LogP contribution in [0.4, 0.5) is 17.1 Å². The maximum atomic E-state index is 7.11. The number of hydrogen-bond donors (Lipinski definition) is 0. The van der Waals surface area contributed by atoms with Gasteiger partial charge in [0, 0.05) is 60.5 Å². The quantitative estimate of drug-likeness (QED) is 0.174. The molecule has 0 bridgehead atoms. The van der Waals surface area contributed by atoms with Gasteiger partial charge in [-0.1, -0.05) is 135 Å². The Labute approximate surface area is 352 Å². The molecule has 0 saturated carbocycles. The molecule has 61 heavy (non-hydrogen) atoms. The smallest absolute Gasteiger partial charge is 0.160 e. The highest BCUT2D eigenvalue weighted by Gasteiger charge is 2.39. The lowest BCUT2D eigenvalue weighted by molar-refractivity contribution is 0.657. The first-order chi connectivity index (χ1) is 30.0. The minimum atomic E-state index is -0.240. The minimum absolute atomic E-state index is 0.240. The fraction of sp³-hybridized carbons (Fsp3) is 0.0526. The second kappa shape index (κ2) is 12.6. The Kier molecular flexibility index (Phi) is 7.04. The fourth-order valence-electron chi connectivity index (χ4n) is 10.5. The van der Waals surface area contributed by atoms with Crippen LogP contribution in [0.1, 0.15) is 25.0 Å². The van der Waals surface area contributed by atoms with E-state index in [0.717, 1.165) is 61.4 Å². The molecule has 0 aliphatic heterocycles. The molecule has 4 nitrogen and oxygen atoms in total. The highest BCUT2D eigenvalue weighted by atomic mass is 16.3. The zero-order valence-corrected chi connectivity index (χ0v) is 33.8. The second-order valence-corrected chi connectivity index (χ2v) is 16.9. The van der Waals surface area contributed by atoms with E-state index < -0.39 is 0 Å². The van der Waals surface area contributed by atoms with Gasteiger partial charge < -0.3 is 18.5 Å². The molecule has 0 fully saturated rings. The molecule has 12 aromatic rings. The average molecular weight is 782 g/mol. The molecule has 3 heterocycles. The van der Waals surface area contributed by atoms with Crippen LogP contribution >= 0.6 is 0 Å². The molecule has 4 heteroatoms. The minimum Gasteiger partial charge on any atom is -0.454 e. The highest BCUT2D eigenvalue weighted by molar-refractivity contribution is 6.20. The Bertz CT molecular complexity index is 3740. The fourth-order valence-corrected chi connectivity index (χ4v) is 10.5. The van der Waals surface area contributed by atoms with Gasteiger partial charge in [-0.3, -0.25) is 0 Å². The van der Waals surface area contributed by atoms with Gasteiger partial charge >= 0.3 is 0 Å². The summed E-state index contributed by atoms with van der Waals surface area (Å²) in [5.74, 6) is 0. The third-order valence-electron chi connectivity index (χ3n) is 13.3. The van der Waals surface area contributed by atoms with Crippen molar-refractivity contribution in [2.75, 3.05) is 4.90 Å². The van der Waals surface area contributed by atoms with Gasteiger partial charge in [0.2, 0.25) is 0 Å². The number of anilines is 3. The van der Waals surface area contributed by atoms with E-state index in [1.54, 1.807) is 0 Å². The Morgan fingerprint density at radius 1 is 0.426 bits per heavy atom. The van der Waals surface area contributed by atoms with Crippen LogP contribution in [-0.4, -0.2) is 9.13 Å². The monoisotopic (exact) mass is 781 g/mol. The van der Waals surface area contributed by atoms with E-state index in [0.29, 0.717) is 0 Å². The van der Waals surface area contributed by atoms with E-state index in [1.165, 1.54) is 54.8 Å². The molecule has 13 rings (SSSR count). The highest BCUT2D eigenvalue weighted by Crippen LogP contribution is 2.56. The first-order valence-electron chi connectivity index (χ1n) is 21.1. The van der Waals surface area contributed by atoms with Crippen molar-refractivity contribution < 1.29 is 4.42 Å². The zero-order valence-electron chi connectivity index (χ0n) is 33.8. The molecule has 0 N–H and O–H groups in total. The number of nitrogens with zero attached hydrogens (tertiary/aromatic N) is 3. The molecule has 0 radical (unpaired) electrons. The maximum absolute atomic E-state index is 7.11. The summed E-state index contributed by atoms with van der Waals surface area (Å²) >= 11 is 0. The van der Waals surface area contributed by atoms with Gasteiger partial charge in [0.25, 0.3) is 0 Å². The predicted molar refractivity (Wildman–Crippen MR) is 255 cm³/mol. The molecule has 3 aromatic heterocycles. The lowest BCUT2D eigenvalue weighted by Crippen LogP contribution is -2.17. The molecule has 0 amide bonds. The summed E-state index contributed by atoms with van der Waals surface area (Å²) in [6.07, 6.45) is 0. The number of hydrogen-bond acceptors (Lipinski definition) is 2. The molecule has 0 atom stereocenters. The normalized spacial score (nSPS) is 13.2. The summed E-state index contributed by atoms with van der Waals surface area (Å²) in [5.41, 5.74) is 16.8. The van der Waals surface area contributed by atoms with E-state index >= 15 is 0 Å². The van der Waals surface area contributed by atoms with Crippen LogP contribution in [0, 0.1) is 0 Å². The van der Waals surface area contributed by atoms with Crippen LogP contribution < -0.4 is 4.90 Å². The van der Waals surface area contributed by atoms with Gasteiger partial charge in [-0.25, -0.2) is 0 Å². The van der Waals surface area contributed by atoms with Crippen molar-refractivity contribution in [3.05, 3.63) is 211 Å². The van der Waals surface area contributed by atoms with Crippen molar-refractivity contribution in [2.24, 2.45) is 0 Å². The summed E-state index contributed by atoms with van der Waals surface area (Å²) in [5, 5.41) is 7.13. The van der Waals surface area contributed by atoms with E-state index in [-0.39, 0.29) is 5.41 Å². The van der Waals surface area contributed by atoms with Gasteiger partial charge in [-0.05, 0) is 101 Å². The van der Waals surface area contributed by atoms with Gasteiger partial charge in [0.15, 0.2) is 5.58 Å². The third-order valence-corrected chi connectivity index (χ3v) is 13.3. The number of furan rings is 1. The third kappa shape index (κ3) is 4.76. The standard InChI is InChI=1S/C57H39N3O/c1-57(2)46-25-13-9-23-43(46)54-47(57)35-52(56-55(54)44-24-12-16-28-53(44)61-56)58(38-30-32-50-45(33-38)41-22-11-15-27-49(41)59(50)36-17-5-3-6-18-36)39-29-31-42-40-21-10-14-26-48(40)60(51(42)34-39)37-19-7-4-8-20-37/h3-35H,1-2H3. The van der Waals surface area contributed by atoms with Crippen LogP contribution in [0.5, 0.6) is 0 Å². The number of para-hydroxylation sites is 5. The van der Waals surface area contributed by atoms with E-state index in [4.69, 9.17) is 4.42 Å². The van der Waals surface area contributed by atoms with Gasteiger partial charge in [-0.2, -0.15) is 0 Å². The van der Waals surface area contributed by atoms with Crippen molar-refractivity contribution in [2.45, 2.75) is 19.3 Å². The molecule has 288 valence electrons. The number of fused-ring (bicyclic) bond motifs is 13. The molecular weight excluding hydrogens is 743 g/mol. The molecule has 1 aliphatic rings. The van der Waals surface area contributed by atoms with Crippen molar-refractivity contribution in [3.63, 3.8) is 0 Å². The molecule has 1 aliphatic carbocycles. The number of aromatic nitrogens is 2.